The van der Waals surface area contributed by atoms with Crippen LogP contribution in [0.3, 0.4) is 0 Å². The second-order valence-corrected chi connectivity index (χ2v) is 8.16. The van der Waals surface area contributed by atoms with Crippen LogP contribution in [-0.2, 0) is 4.79 Å². The molecule has 2 aromatic heterocycles. The summed E-state index contributed by atoms with van der Waals surface area (Å²) in [6.07, 6.45) is 8.79. The Morgan fingerprint density at radius 3 is 2.61 bits per heavy atom. The molecule has 0 bridgehead atoms. The van der Waals surface area contributed by atoms with E-state index in [2.05, 4.69) is 21.4 Å². The number of anilines is 1. The average molecular weight is 394 g/mol. The van der Waals surface area contributed by atoms with Gasteiger partial charge in [0.15, 0.2) is 0 Å². The highest BCUT2D eigenvalue weighted by Gasteiger charge is 2.25. The SMILES string of the molecule is Cc1cc2nccc(C3CCC(CC(=O)Nc4ccc(Cl)cc4)CC3)c2cn1. The summed E-state index contributed by atoms with van der Waals surface area (Å²) in [5.41, 5.74) is 4.16. The number of nitrogens with one attached hydrogen (secondary N) is 1. The summed E-state index contributed by atoms with van der Waals surface area (Å²) < 4.78 is 0. The van der Waals surface area contributed by atoms with Gasteiger partial charge in [0.25, 0.3) is 0 Å². The quantitative estimate of drug-likeness (QED) is 0.600. The number of benzene rings is 1. The summed E-state index contributed by atoms with van der Waals surface area (Å²) >= 11 is 5.89. The molecule has 1 amide bonds. The summed E-state index contributed by atoms with van der Waals surface area (Å²) in [5.74, 6) is 1.04. The number of pyridine rings is 2. The van der Waals surface area contributed by atoms with Gasteiger partial charge in [-0.05, 0) is 86.4 Å². The molecule has 0 radical (unpaired) electrons. The first-order chi connectivity index (χ1) is 13.6. The van der Waals surface area contributed by atoms with Crippen molar-refractivity contribution in [2.75, 3.05) is 5.32 Å². The van der Waals surface area contributed by atoms with E-state index in [9.17, 15) is 4.79 Å². The van der Waals surface area contributed by atoms with E-state index in [1.165, 1.54) is 5.56 Å². The molecule has 0 saturated heterocycles. The number of aromatic nitrogens is 2. The van der Waals surface area contributed by atoms with Crippen molar-refractivity contribution in [3.63, 3.8) is 0 Å². The Bertz CT molecular complexity index is 979. The van der Waals surface area contributed by atoms with E-state index < -0.39 is 0 Å². The van der Waals surface area contributed by atoms with Crippen molar-refractivity contribution in [1.29, 1.82) is 0 Å². The summed E-state index contributed by atoms with van der Waals surface area (Å²) in [6.45, 7) is 1.99. The fourth-order valence-corrected chi connectivity index (χ4v) is 4.33. The number of nitrogens with zero attached hydrogens (tertiary/aromatic N) is 2. The molecule has 1 fully saturated rings. The Morgan fingerprint density at radius 2 is 1.86 bits per heavy atom. The molecule has 2 heterocycles. The highest BCUT2D eigenvalue weighted by atomic mass is 35.5. The van der Waals surface area contributed by atoms with E-state index >= 15 is 0 Å². The number of hydrogen-bond donors (Lipinski definition) is 1. The lowest BCUT2D eigenvalue weighted by Crippen LogP contribution is -2.20. The van der Waals surface area contributed by atoms with Crippen molar-refractivity contribution in [3.05, 3.63) is 65.1 Å². The van der Waals surface area contributed by atoms with Crippen molar-refractivity contribution >= 4 is 34.1 Å². The lowest BCUT2D eigenvalue weighted by Gasteiger charge is -2.29. The van der Waals surface area contributed by atoms with Crippen LogP contribution in [0.15, 0.2) is 48.8 Å². The van der Waals surface area contributed by atoms with Crippen molar-refractivity contribution in [3.8, 4) is 0 Å². The Balaban J connectivity index is 1.36. The summed E-state index contributed by atoms with van der Waals surface area (Å²) in [4.78, 5) is 21.3. The van der Waals surface area contributed by atoms with Crippen LogP contribution >= 0.6 is 11.6 Å². The molecule has 3 aromatic rings. The molecule has 0 unspecified atom stereocenters. The van der Waals surface area contributed by atoms with Crippen molar-refractivity contribution in [2.45, 2.75) is 44.9 Å². The number of halogens is 1. The molecule has 1 aliphatic rings. The molecule has 28 heavy (non-hydrogen) atoms. The average Bonchev–Trinajstić information content (AvgIpc) is 2.70. The van der Waals surface area contributed by atoms with E-state index in [0.717, 1.165) is 48.0 Å². The first-order valence-electron chi connectivity index (χ1n) is 9.85. The molecular weight excluding hydrogens is 370 g/mol. The normalized spacial score (nSPS) is 19.5. The minimum Gasteiger partial charge on any atom is -0.326 e. The number of carbonyl (C=O) groups is 1. The lowest BCUT2D eigenvalue weighted by atomic mass is 9.77. The molecule has 0 aliphatic heterocycles. The van der Waals surface area contributed by atoms with Gasteiger partial charge < -0.3 is 5.32 Å². The third-order valence-corrected chi connectivity index (χ3v) is 5.94. The maximum atomic E-state index is 12.4. The third-order valence-electron chi connectivity index (χ3n) is 5.69. The predicted octanol–water partition coefficient (Wildman–Crippen LogP) is 5.89. The predicted molar refractivity (Wildman–Crippen MR) is 114 cm³/mol. The maximum absolute atomic E-state index is 12.4. The van der Waals surface area contributed by atoms with E-state index in [-0.39, 0.29) is 5.91 Å². The molecule has 4 rings (SSSR count). The van der Waals surface area contributed by atoms with Gasteiger partial charge in [-0.3, -0.25) is 14.8 Å². The molecule has 1 saturated carbocycles. The molecule has 0 atom stereocenters. The van der Waals surface area contributed by atoms with Crippen LogP contribution in [0.2, 0.25) is 5.02 Å². The van der Waals surface area contributed by atoms with Crippen LogP contribution in [-0.4, -0.2) is 15.9 Å². The summed E-state index contributed by atoms with van der Waals surface area (Å²) in [6, 6.07) is 11.4. The zero-order valence-electron chi connectivity index (χ0n) is 16.0. The van der Waals surface area contributed by atoms with Crippen LogP contribution in [0.25, 0.3) is 10.9 Å². The highest BCUT2D eigenvalue weighted by molar-refractivity contribution is 6.30. The number of carbonyl (C=O) groups excluding carboxylic acids is 1. The van der Waals surface area contributed by atoms with Gasteiger partial charge in [0, 0.05) is 40.6 Å². The number of amides is 1. The number of fused-ring (bicyclic) bond motifs is 1. The zero-order chi connectivity index (χ0) is 19.5. The number of aryl methyl sites for hydroxylation is 1. The van der Waals surface area contributed by atoms with Gasteiger partial charge in [0.05, 0.1) is 5.52 Å². The van der Waals surface area contributed by atoms with Crippen LogP contribution in [0, 0.1) is 12.8 Å². The van der Waals surface area contributed by atoms with Gasteiger partial charge in [-0.1, -0.05) is 11.6 Å². The van der Waals surface area contributed by atoms with E-state index in [1.54, 1.807) is 12.1 Å². The molecule has 144 valence electrons. The Morgan fingerprint density at radius 1 is 1.11 bits per heavy atom. The van der Waals surface area contributed by atoms with Gasteiger partial charge in [0.2, 0.25) is 5.91 Å². The maximum Gasteiger partial charge on any atom is 0.224 e. The second kappa shape index (κ2) is 8.27. The fraction of sp³-hybridized carbons (Fsp3) is 0.348. The zero-order valence-corrected chi connectivity index (χ0v) is 16.7. The van der Waals surface area contributed by atoms with Crippen molar-refractivity contribution < 1.29 is 4.79 Å². The van der Waals surface area contributed by atoms with Gasteiger partial charge in [-0.2, -0.15) is 0 Å². The smallest absolute Gasteiger partial charge is 0.224 e. The first-order valence-corrected chi connectivity index (χ1v) is 10.2. The van der Waals surface area contributed by atoms with Crippen LogP contribution in [0.4, 0.5) is 5.69 Å². The van der Waals surface area contributed by atoms with E-state index in [0.29, 0.717) is 23.3 Å². The summed E-state index contributed by atoms with van der Waals surface area (Å²) in [7, 11) is 0. The van der Waals surface area contributed by atoms with Crippen molar-refractivity contribution in [2.24, 2.45) is 5.92 Å². The molecule has 4 nitrogen and oxygen atoms in total. The minimum absolute atomic E-state index is 0.0832. The Labute approximate surface area is 170 Å². The number of rotatable bonds is 4. The minimum atomic E-state index is 0.0832. The molecule has 1 aromatic carbocycles. The van der Waals surface area contributed by atoms with Gasteiger partial charge in [-0.25, -0.2) is 0 Å². The first kappa shape index (κ1) is 18.9. The molecular formula is C23H24ClN3O. The molecule has 5 heteroatoms. The topological polar surface area (TPSA) is 54.9 Å². The van der Waals surface area contributed by atoms with E-state index in [4.69, 9.17) is 11.6 Å². The Kier molecular flexibility index (Phi) is 5.58. The standard InChI is InChI=1S/C23H24ClN3O/c1-15-12-22-21(14-26-15)20(10-11-25-22)17-4-2-16(3-5-17)13-23(28)27-19-8-6-18(24)7-9-19/h6-12,14,16-17H,2-5,13H2,1H3,(H,27,28). The summed E-state index contributed by atoms with van der Waals surface area (Å²) in [5, 5.41) is 4.81. The van der Waals surface area contributed by atoms with Gasteiger partial charge in [0.1, 0.15) is 0 Å². The Hall–Kier alpha value is -2.46. The number of hydrogen-bond acceptors (Lipinski definition) is 3. The fourth-order valence-electron chi connectivity index (χ4n) is 4.20. The highest BCUT2D eigenvalue weighted by Crippen LogP contribution is 2.39. The van der Waals surface area contributed by atoms with Crippen LogP contribution in [0.5, 0.6) is 0 Å². The van der Waals surface area contributed by atoms with E-state index in [1.807, 2.05) is 37.5 Å². The molecule has 1 aliphatic carbocycles. The third kappa shape index (κ3) is 4.33. The van der Waals surface area contributed by atoms with Crippen molar-refractivity contribution in [1.82, 2.24) is 9.97 Å². The van der Waals surface area contributed by atoms with Crippen LogP contribution < -0.4 is 5.32 Å². The molecule has 0 spiro atoms. The van der Waals surface area contributed by atoms with Gasteiger partial charge in [-0.15, -0.1) is 0 Å². The largest absolute Gasteiger partial charge is 0.326 e. The van der Waals surface area contributed by atoms with Gasteiger partial charge >= 0.3 is 0 Å². The van der Waals surface area contributed by atoms with Crippen LogP contribution in [0.1, 0.15) is 49.3 Å². The second-order valence-electron chi connectivity index (χ2n) is 7.72. The monoisotopic (exact) mass is 393 g/mol. The molecule has 1 N–H and O–H groups in total. The lowest BCUT2D eigenvalue weighted by molar-refractivity contribution is -0.117.